The number of rotatable bonds is 3. The molecule has 5 rings (SSSR count). The van der Waals surface area contributed by atoms with Gasteiger partial charge in [-0.1, -0.05) is 30.3 Å². The van der Waals surface area contributed by atoms with Gasteiger partial charge in [-0.3, -0.25) is 0 Å². The number of hydrogen-bond donors (Lipinski definition) is 2. The molecule has 0 atom stereocenters. The molecule has 0 spiro atoms. The van der Waals surface area contributed by atoms with E-state index in [1.807, 2.05) is 24.3 Å². The summed E-state index contributed by atoms with van der Waals surface area (Å²) >= 11 is 0. The molecule has 2 N–H and O–H groups in total. The predicted octanol–water partition coefficient (Wildman–Crippen LogP) is 4.30. The molecule has 0 saturated carbocycles. The van der Waals surface area contributed by atoms with Crippen LogP contribution in [-0.4, -0.2) is 33.1 Å². The van der Waals surface area contributed by atoms with Crippen LogP contribution in [0, 0.1) is 6.92 Å². The number of benzene rings is 2. The Morgan fingerprint density at radius 1 is 1.07 bits per heavy atom. The second kappa shape index (κ2) is 6.91. The zero-order chi connectivity index (χ0) is 19.1. The van der Waals surface area contributed by atoms with Gasteiger partial charge in [-0.05, 0) is 43.5 Å². The van der Waals surface area contributed by atoms with E-state index in [1.54, 1.807) is 0 Å². The normalized spacial score (nSPS) is 15.6. The fourth-order valence-corrected chi connectivity index (χ4v) is 4.29. The number of hydrogen-bond acceptors (Lipinski definition) is 4. The van der Waals surface area contributed by atoms with Crippen LogP contribution in [0.3, 0.4) is 0 Å². The monoisotopic (exact) mass is 372 g/mol. The Morgan fingerprint density at radius 3 is 2.68 bits per heavy atom. The number of nitrogens with zero attached hydrogens (tertiary/aromatic N) is 3. The van der Waals surface area contributed by atoms with Gasteiger partial charge in [-0.2, -0.15) is 0 Å². The number of imidazole rings is 1. The van der Waals surface area contributed by atoms with E-state index in [0.29, 0.717) is 5.92 Å². The van der Waals surface area contributed by atoms with Gasteiger partial charge in [0.1, 0.15) is 11.6 Å². The molecule has 1 aliphatic heterocycles. The molecule has 28 heavy (non-hydrogen) atoms. The van der Waals surface area contributed by atoms with Gasteiger partial charge in [0.2, 0.25) is 0 Å². The fourth-order valence-electron chi connectivity index (χ4n) is 4.29. The minimum Gasteiger partial charge on any atom is -0.392 e. The summed E-state index contributed by atoms with van der Waals surface area (Å²) in [6.07, 6.45) is 2.05. The molecule has 142 valence electrons. The first-order chi connectivity index (χ1) is 13.7. The molecule has 0 radical (unpaired) electrons. The van der Waals surface area contributed by atoms with Crippen LogP contribution in [0.2, 0.25) is 0 Å². The number of piperidine rings is 1. The average molecular weight is 372 g/mol. The Hall–Kier alpha value is -2.92. The number of para-hydroxylation sites is 2. The summed E-state index contributed by atoms with van der Waals surface area (Å²) in [7, 11) is 0. The molecule has 1 fully saturated rings. The Morgan fingerprint density at radius 2 is 1.89 bits per heavy atom. The van der Waals surface area contributed by atoms with E-state index in [4.69, 9.17) is 9.97 Å². The smallest absolute Gasteiger partial charge is 0.134 e. The highest BCUT2D eigenvalue weighted by Gasteiger charge is 2.25. The molecule has 2 aromatic heterocycles. The minimum absolute atomic E-state index is 0.00987. The van der Waals surface area contributed by atoms with Gasteiger partial charge in [0, 0.05) is 30.0 Å². The molecule has 0 bridgehead atoms. The standard InChI is InChI=1S/C23H24N4O/c1-15-5-4-8-20-21(15)26-22(24-20)16-9-11-27(12-10-16)23-18(14-28)13-17-6-2-3-7-19(17)25-23/h2-8,13,16,28H,9-12,14H2,1H3,(H,24,26). The van der Waals surface area contributed by atoms with E-state index in [2.05, 4.69) is 41.1 Å². The lowest BCUT2D eigenvalue weighted by Gasteiger charge is -2.33. The molecule has 0 amide bonds. The number of aromatic amines is 1. The summed E-state index contributed by atoms with van der Waals surface area (Å²) in [4.78, 5) is 15.6. The van der Waals surface area contributed by atoms with Gasteiger partial charge in [-0.25, -0.2) is 9.97 Å². The van der Waals surface area contributed by atoms with E-state index >= 15 is 0 Å². The molecular weight excluding hydrogens is 348 g/mol. The lowest BCUT2D eigenvalue weighted by molar-refractivity contribution is 0.281. The largest absolute Gasteiger partial charge is 0.392 e. The SMILES string of the molecule is Cc1cccc2[nH]c(C3CCN(c4nc5ccccc5cc4CO)CC3)nc12. The van der Waals surface area contributed by atoms with Crippen LogP contribution in [0.5, 0.6) is 0 Å². The topological polar surface area (TPSA) is 65.0 Å². The van der Waals surface area contributed by atoms with Crippen LogP contribution in [-0.2, 0) is 6.61 Å². The highest BCUT2D eigenvalue weighted by molar-refractivity contribution is 5.82. The van der Waals surface area contributed by atoms with E-state index in [9.17, 15) is 5.11 Å². The van der Waals surface area contributed by atoms with E-state index in [-0.39, 0.29) is 6.61 Å². The van der Waals surface area contributed by atoms with E-state index in [0.717, 1.165) is 65.1 Å². The molecule has 5 heteroatoms. The van der Waals surface area contributed by atoms with Gasteiger partial charge in [0.15, 0.2) is 0 Å². The molecule has 2 aromatic carbocycles. The zero-order valence-electron chi connectivity index (χ0n) is 16.0. The third-order valence-electron chi connectivity index (χ3n) is 5.86. The third kappa shape index (κ3) is 2.92. The maximum Gasteiger partial charge on any atom is 0.134 e. The highest BCUT2D eigenvalue weighted by Crippen LogP contribution is 2.32. The first-order valence-corrected chi connectivity index (χ1v) is 9.92. The second-order valence-electron chi connectivity index (χ2n) is 7.68. The summed E-state index contributed by atoms with van der Waals surface area (Å²) in [5.74, 6) is 2.44. The summed E-state index contributed by atoms with van der Waals surface area (Å²) in [5.41, 5.74) is 5.29. The lowest BCUT2D eigenvalue weighted by atomic mass is 9.96. The number of H-pyrrole nitrogens is 1. The summed E-state index contributed by atoms with van der Waals surface area (Å²) < 4.78 is 0. The lowest BCUT2D eigenvalue weighted by Crippen LogP contribution is -2.34. The molecule has 1 saturated heterocycles. The average Bonchev–Trinajstić information content (AvgIpc) is 3.19. The van der Waals surface area contributed by atoms with Crippen molar-refractivity contribution in [2.24, 2.45) is 0 Å². The first-order valence-electron chi connectivity index (χ1n) is 9.92. The van der Waals surface area contributed by atoms with Gasteiger partial charge in [0.05, 0.1) is 23.2 Å². The van der Waals surface area contributed by atoms with Crippen molar-refractivity contribution in [1.82, 2.24) is 15.0 Å². The molecule has 3 heterocycles. The molecule has 4 aromatic rings. The molecule has 0 unspecified atom stereocenters. The van der Waals surface area contributed by atoms with Gasteiger partial charge >= 0.3 is 0 Å². The van der Waals surface area contributed by atoms with Crippen LogP contribution in [0.4, 0.5) is 5.82 Å². The van der Waals surface area contributed by atoms with Crippen molar-refractivity contribution < 1.29 is 5.11 Å². The number of aryl methyl sites for hydroxylation is 1. The van der Waals surface area contributed by atoms with Gasteiger partial charge in [-0.15, -0.1) is 0 Å². The van der Waals surface area contributed by atoms with Crippen molar-refractivity contribution in [3.63, 3.8) is 0 Å². The third-order valence-corrected chi connectivity index (χ3v) is 5.86. The van der Waals surface area contributed by atoms with Crippen molar-refractivity contribution in [3.8, 4) is 0 Å². The highest BCUT2D eigenvalue weighted by atomic mass is 16.3. The Kier molecular flexibility index (Phi) is 4.24. The Bertz CT molecular complexity index is 1140. The van der Waals surface area contributed by atoms with Crippen LogP contribution >= 0.6 is 0 Å². The number of nitrogens with one attached hydrogen (secondary N) is 1. The van der Waals surface area contributed by atoms with Crippen LogP contribution in [0.25, 0.3) is 21.9 Å². The number of aliphatic hydroxyl groups is 1. The molecule has 5 nitrogen and oxygen atoms in total. The van der Waals surface area contributed by atoms with E-state index in [1.165, 1.54) is 5.56 Å². The molecule has 0 aliphatic carbocycles. The number of aromatic nitrogens is 3. The first kappa shape index (κ1) is 17.2. The van der Waals surface area contributed by atoms with E-state index < -0.39 is 0 Å². The molecule has 1 aliphatic rings. The van der Waals surface area contributed by atoms with Crippen molar-refractivity contribution in [2.75, 3.05) is 18.0 Å². The quantitative estimate of drug-likeness (QED) is 0.563. The summed E-state index contributed by atoms with van der Waals surface area (Å²) in [6.45, 7) is 3.95. The van der Waals surface area contributed by atoms with Crippen molar-refractivity contribution in [3.05, 3.63) is 65.5 Å². The number of anilines is 1. The van der Waals surface area contributed by atoms with Crippen molar-refractivity contribution in [1.29, 1.82) is 0 Å². The number of aliphatic hydroxyl groups excluding tert-OH is 1. The number of fused-ring (bicyclic) bond motifs is 2. The van der Waals surface area contributed by atoms with Crippen LogP contribution in [0.1, 0.15) is 35.7 Å². The Balaban J connectivity index is 1.39. The zero-order valence-corrected chi connectivity index (χ0v) is 16.0. The maximum absolute atomic E-state index is 9.86. The second-order valence-corrected chi connectivity index (χ2v) is 7.68. The predicted molar refractivity (Wildman–Crippen MR) is 113 cm³/mol. The minimum atomic E-state index is 0.00987. The number of pyridine rings is 1. The fraction of sp³-hybridized carbons (Fsp3) is 0.304. The Labute approximate surface area is 164 Å². The molecular formula is C23H24N4O. The van der Waals surface area contributed by atoms with Gasteiger partial charge < -0.3 is 15.0 Å². The summed E-state index contributed by atoms with van der Waals surface area (Å²) in [5, 5.41) is 10.9. The maximum atomic E-state index is 9.86. The van der Waals surface area contributed by atoms with Crippen molar-refractivity contribution in [2.45, 2.75) is 32.3 Å². The van der Waals surface area contributed by atoms with Crippen LogP contribution < -0.4 is 4.90 Å². The summed E-state index contributed by atoms with van der Waals surface area (Å²) in [6, 6.07) is 16.4. The van der Waals surface area contributed by atoms with Gasteiger partial charge in [0.25, 0.3) is 0 Å². The van der Waals surface area contributed by atoms with Crippen LogP contribution in [0.15, 0.2) is 48.5 Å². The van der Waals surface area contributed by atoms with Crippen molar-refractivity contribution >= 4 is 27.8 Å².